The largest absolute Gasteiger partial charge is 0.414 e. The highest BCUT2D eigenvalue weighted by molar-refractivity contribution is 5.61. The van der Waals surface area contributed by atoms with Crippen molar-refractivity contribution < 1.29 is 22.8 Å². The average Bonchev–Trinajstić information content (AvgIpc) is 2.34. The molecule has 3 N–H and O–H groups in total. The molecule has 1 unspecified atom stereocenters. The summed E-state index contributed by atoms with van der Waals surface area (Å²) in [6.07, 6.45) is -6.41. The Morgan fingerprint density at radius 1 is 1.53 bits per heavy atom. The minimum absolute atomic E-state index is 0.0672. The van der Waals surface area contributed by atoms with Crippen LogP contribution < -0.4 is 11.3 Å². The molecule has 0 aliphatic rings. The highest BCUT2D eigenvalue weighted by atomic mass is 19.4. The number of ether oxygens (including phenoxy) is 1. The number of nitrogens with zero attached hydrogens (tertiary/aromatic N) is 1. The van der Waals surface area contributed by atoms with Gasteiger partial charge in [0.1, 0.15) is 5.69 Å². The zero-order valence-electron chi connectivity index (χ0n) is 9.90. The van der Waals surface area contributed by atoms with Gasteiger partial charge in [0.05, 0.1) is 11.5 Å². The number of hydrogen-bond donors (Lipinski definition) is 2. The van der Waals surface area contributed by atoms with Crippen molar-refractivity contribution in [1.29, 1.82) is 0 Å². The molecule has 0 fully saturated rings. The molecule has 1 aromatic carbocycles. The van der Waals surface area contributed by atoms with Gasteiger partial charge in [0.2, 0.25) is 0 Å². The molecule has 0 aromatic heterocycles. The second-order valence-electron chi connectivity index (χ2n) is 3.75. The number of benzene rings is 1. The standard InChI is InChI=1S/C10H12F3N3O3/c1-6(10(11,12)13)19-5-7-2-3-8(15-14)9(4-7)16(17)18/h2-4,6,15H,5,14H2,1H3. The lowest BCUT2D eigenvalue weighted by atomic mass is 10.2. The minimum Gasteiger partial charge on any atom is -0.364 e. The number of nitro groups is 1. The van der Waals surface area contributed by atoms with Gasteiger partial charge in [-0.05, 0) is 18.6 Å². The number of nitrogen functional groups attached to an aromatic ring is 1. The van der Waals surface area contributed by atoms with Gasteiger partial charge in [0, 0.05) is 6.07 Å². The second kappa shape index (κ2) is 5.85. The van der Waals surface area contributed by atoms with Crippen LogP contribution in [-0.2, 0) is 11.3 Å². The van der Waals surface area contributed by atoms with Crippen molar-refractivity contribution in [2.45, 2.75) is 25.8 Å². The van der Waals surface area contributed by atoms with E-state index in [1.54, 1.807) is 0 Å². The number of halogens is 3. The monoisotopic (exact) mass is 279 g/mol. The van der Waals surface area contributed by atoms with E-state index >= 15 is 0 Å². The number of anilines is 1. The Morgan fingerprint density at radius 2 is 2.16 bits per heavy atom. The summed E-state index contributed by atoms with van der Waals surface area (Å²) in [5.41, 5.74) is 2.12. The van der Waals surface area contributed by atoms with Crippen molar-refractivity contribution in [3.05, 3.63) is 33.9 Å². The van der Waals surface area contributed by atoms with E-state index in [9.17, 15) is 23.3 Å². The summed E-state index contributed by atoms with van der Waals surface area (Å²) in [4.78, 5) is 10.0. The Morgan fingerprint density at radius 3 is 2.63 bits per heavy atom. The second-order valence-corrected chi connectivity index (χ2v) is 3.75. The molecule has 0 saturated carbocycles. The molecule has 0 heterocycles. The average molecular weight is 279 g/mol. The molecule has 1 rings (SSSR count). The molecule has 0 amide bonds. The smallest absolute Gasteiger partial charge is 0.364 e. The third-order valence-electron chi connectivity index (χ3n) is 2.38. The van der Waals surface area contributed by atoms with Crippen LogP contribution in [0.1, 0.15) is 12.5 Å². The van der Waals surface area contributed by atoms with Crippen LogP contribution in [0.4, 0.5) is 24.5 Å². The minimum atomic E-state index is -4.47. The molecule has 1 aromatic rings. The van der Waals surface area contributed by atoms with Crippen molar-refractivity contribution in [2.75, 3.05) is 5.43 Å². The number of nitrogens with one attached hydrogen (secondary N) is 1. The van der Waals surface area contributed by atoms with E-state index in [1.165, 1.54) is 12.1 Å². The third-order valence-corrected chi connectivity index (χ3v) is 2.38. The summed E-state index contributed by atoms with van der Waals surface area (Å²) in [6.45, 7) is 0.483. The van der Waals surface area contributed by atoms with E-state index in [0.29, 0.717) is 0 Å². The third kappa shape index (κ3) is 4.07. The highest BCUT2D eigenvalue weighted by Gasteiger charge is 2.36. The molecule has 9 heteroatoms. The maximum atomic E-state index is 12.2. The van der Waals surface area contributed by atoms with Gasteiger partial charge in [-0.3, -0.25) is 16.0 Å². The summed E-state index contributed by atoms with van der Waals surface area (Å²) in [5.74, 6) is 5.08. The number of alkyl halides is 3. The summed E-state index contributed by atoms with van der Waals surface area (Å²) >= 11 is 0. The van der Waals surface area contributed by atoms with E-state index in [-0.39, 0.29) is 23.5 Å². The van der Waals surface area contributed by atoms with Gasteiger partial charge >= 0.3 is 6.18 Å². The Kier molecular flexibility index (Phi) is 4.67. The number of hydrogen-bond acceptors (Lipinski definition) is 5. The summed E-state index contributed by atoms with van der Waals surface area (Å²) in [7, 11) is 0. The summed E-state index contributed by atoms with van der Waals surface area (Å²) < 4.78 is 41.3. The van der Waals surface area contributed by atoms with Gasteiger partial charge < -0.3 is 10.2 Å². The summed E-state index contributed by atoms with van der Waals surface area (Å²) in [5, 5.41) is 10.7. The van der Waals surface area contributed by atoms with Crippen molar-refractivity contribution >= 4 is 11.4 Å². The molecular weight excluding hydrogens is 267 g/mol. The fourth-order valence-corrected chi connectivity index (χ4v) is 1.26. The first-order chi connectivity index (χ1) is 8.75. The lowest BCUT2D eigenvalue weighted by Gasteiger charge is -2.16. The zero-order valence-corrected chi connectivity index (χ0v) is 9.90. The predicted molar refractivity (Wildman–Crippen MR) is 61.2 cm³/mol. The Labute approximate surface area is 106 Å². The van der Waals surface area contributed by atoms with Crippen LogP contribution in [-0.4, -0.2) is 17.2 Å². The molecule has 0 aliphatic carbocycles. The maximum absolute atomic E-state index is 12.2. The van der Waals surface area contributed by atoms with Crippen LogP contribution in [0.25, 0.3) is 0 Å². The van der Waals surface area contributed by atoms with Crippen LogP contribution in [0.5, 0.6) is 0 Å². The van der Waals surface area contributed by atoms with Crippen LogP contribution in [0.2, 0.25) is 0 Å². The van der Waals surface area contributed by atoms with E-state index in [4.69, 9.17) is 5.84 Å². The van der Waals surface area contributed by atoms with E-state index in [1.807, 2.05) is 0 Å². The molecular formula is C10H12F3N3O3. The van der Waals surface area contributed by atoms with Crippen LogP contribution >= 0.6 is 0 Å². The van der Waals surface area contributed by atoms with Gasteiger partial charge in [-0.15, -0.1) is 0 Å². The Balaban J connectivity index is 2.81. The predicted octanol–water partition coefficient (Wildman–Crippen LogP) is 2.35. The normalized spacial score (nSPS) is 13.1. The lowest BCUT2D eigenvalue weighted by Crippen LogP contribution is -2.28. The number of rotatable bonds is 5. The molecule has 0 radical (unpaired) electrons. The van der Waals surface area contributed by atoms with Crippen molar-refractivity contribution in [3.63, 3.8) is 0 Å². The molecule has 106 valence electrons. The van der Waals surface area contributed by atoms with Crippen LogP contribution in [0, 0.1) is 10.1 Å². The van der Waals surface area contributed by atoms with E-state index in [0.717, 1.165) is 13.0 Å². The first kappa shape index (κ1) is 15.2. The molecule has 0 bridgehead atoms. The number of hydrazine groups is 1. The van der Waals surface area contributed by atoms with Gasteiger partial charge in [0.25, 0.3) is 5.69 Å². The van der Waals surface area contributed by atoms with Crippen LogP contribution in [0.15, 0.2) is 18.2 Å². The lowest BCUT2D eigenvalue weighted by molar-refractivity contribution is -0.384. The number of nitro benzene ring substituents is 1. The van der Waals surface area contributed by atoms with Gasteiger partial charge in [0.15, 0.2) is 6.10 Å². The van der Waals surface area contributed by atoms with Crippen molar-refractivity contribution in [1.82, 2.24) is 0 Å². The first-order valence-corrected chi connectivity index (χ1v) is 5.18. The molecule has 0 spiro atoms. The highest BCUT2D eigenvalue weighted by Crippen LogP contribution is 2.27. The quantitative estimate of drug-likeness (QED) is 0.490. The van der Waals surface area contributed by atoms with Crippen LogP contribution in [0.3, 0.4) is 0 Å². The molecule has 0 saturated heterocycles. The van der Waals surface area contributed by atoms with E-state index < -0.39 is 17.2 Å². The first-order valence-electron chi connectivity index (χ1n) is 5.18. The Hall–Kier alpha value is -1.87. The van der Waals surface area contributed by atoms with E-state index in [2.05, 4.69) is 10.2 Å². The van der Waals surface area contributed by atoms with Gasteiger partial charge in [-0.2, -0.15) is 13.2 Å². The van der Waals surface area contributed by atoms with Gasteiger partial charge in [-0.1, -0.05) is 6.07 Å². The van der Waals surface area contributed by atoms with Gasteiger partial charge in [-0.25, -0.2) is 0 Å². The molecule has 1 atom stereocenters. The molecule has 6 nitrogen and oxygen atoms in total. The molecule has 19 heavy (non-hydrogen) atoms. The fourth-order valence-electron chi connectivity index (χ4n) is 1.26. The SMILES string of the molecule is CC(OCc1ccc(NN)c([N+](=O)[O-])c1)C(F)(F)F. The number of nitrogens with two attached hydrogens (primary N) is 1. The zero-order chi connectivity index (χ0) is 14.6. The maximum Gasteiger partial charge on any atom is 0.414 e. The molecule has 0 aliphatic heterocycles. The topological polar surface area (TPSA) is 90.4 Å². The fraction of sp³-hybridized carbons (Fsp3) is 0.400. The Bertz CT molecular complexity index is 465. The van der Waals surface area contributed by atoms with Crippen molar-refractivity contribution in [2.24, 2.45) is 5.84 Å². The summed E-state index contributed by atoms with van der Waals surface area (Å²) in [6, 6.07) is 3.80. The van der Waals surface area contributed by atoms with Crippen molar-refractivity contribution in [3.8, 4) is 0 Å².